The maximum atomic E-state index is 12.3. The standard InChI is InChI=1S/C20H26N2O3S/c1-14-8-9-17(15(2)12-14)10-11-20(23)21-16(3)18-6-5-7-19(13-18)22-26(4,24)25/h5-9,12-13,16,22H,10-11H2,1-4H3,(H,21,23). The summed E-state index contributed by atoms with van der Waals surface area (Å²) in [6.45, 7) is 6.00. The van der Waals surface area contributed by atoms with Gasteiger partial charge in [0, 0.05) is 12.1 Å². The van der Waals surface area contributed by atoms with E-state index in [1.807, 2.05) is 13.0 Å². The van der Waals surface area contributed by atoms with Crippen LogP contribution in [0.25, 0.3) is 0 Å². The second-order valence-electron chi connectivity index (χ2n) is 6.72. The van der Waals surface area contributed by atoms with Gasteiger partial charge in [0.25, 0.3) is 0 Å². The zero-order chi connectivity index (χ0) is 19.3. The summed E-state index contributed by atoms with van der Waals surface area (Å²) in [5, 5.41) is 2.97. The highest BCUT2D eigenvalue weighted by Gasteiger charge is 2.12. The molecule has 0 radical (unpaired) electrons. The minimum atomic E-state index is -3.33. The van der Waals surface area contributed by atoms with Crippen LogP contribution in [0.3, 0.4) is 0 Å². The molecule has 1 unspecified atom stereocenters. The van der Waals surface area contributed by atoms with Gasteiger partial charge >= 0.3 is 0 Å². The van der Waals surface area contributed by atoms with Gasteiger partial charge in [-0.3, -0.25) is 9.52 Å². The van der Waals surface area contributed by atoms with Crippen molar-refractivity contribution in [3.8, 4) is 0 Å². The second kappa shape index (κ2) is 8.36. The Bertz CT molecular complexity index is 892. The molecule has 0 saturated heterocycles. The van der Waals surface area contributed by atoms with Crippen molar-refractivity contribution in [3.05, 3.63) is 64.7 Å². The minimum absolute atomic E-state index is 0.0287. The van der Waals surface area contributed by atoms with Gasteiger partial charge in [-0.1, -0.05) is 35.9 Å². The number of anilines is 1. The van der Waals surface area contributed by atoms with Gasteiger partial charge < -0.3 is 5.32 Å². The number of hydrogen-bond acceptors (Lipinski definition) is 3. The summed E-state index contributed by atoms with van der Waals surface area (Å²) in [5.74, 6) is -0.0287. The highest BCUT2D eigenvalue weighted by molar-refractivity contribution is 7.92. The molecular weight excluding hydrogens is 348 g/mol. The molecule has 0 saturated carbocycles. The predicted molar refractivity (Wildman–Crippen MR) is 106 cm³/mol. The molecule has 0 bridgehead atoms. The van der Waals surface area contributed by atoms with E-state index in [-0.39, 0.29) is 11.9 Å². The number of carbonyl (C=O) groups is 1. The topological polar surface area (TPSA) is 75.3 Å². The van der Waals surface area contributed by atoms with E-state index < -0.39 is 10.0 Å². The van der Waals surface area contributed by atoms with Crippen LogP contribution in [0.15, 0.2) is 42.5 Å². The first-order valence-electron chi connectivity index (χ1n) is 8.57. The molecule has 1 amide bonds. The second-order valence-corrected chi connectivity index (χ2v) is 8.47. The smallest absolute Gasteiger partial charge is 0.229 e. The monoisotopic (exact) mass is 374 g/mol. The van der Waals surface area contributed by atoms with E-state index in [1.54, 1.807) is 18.2 Å². The van der Waals surface area contributed by atoms with E-state index in [1.165, 1.54) is 16.7 Å². The van der Waals surface area contributed by atoms with E-state index in [4.69, 9.17) is 0 Å². The van der Waals surface area contributed by atoms with E-state index in [9.17, 15) is 13.2 Å². The SMILES string of the molecule is Cc1ccc(CCC(=O)NC(C)c2cccc(NS(C)(=O)=O)c2)c(C)c1. The van der Waals surface area contributed by atoms with Crippen LogP contribution in [0, 0.1) is 13.8 Å². The van der Waals surface area contributed by atoms with Gasteiger partial charge in [0.2, 0.25) is 15.9 Å². The predicted octanol–water partition coefficient (Wildman–Crippen LogP) is 3.48. The summed E-state index contributed by atoms with van der Waals surface area (Å²) in [6, 6.07) is 13.1. The molecule has 2 rings (SSSR count). The number of sulfonamides is 1. The van der Waals surface area contributed by atoms with Crippen molar-refractivity contribution in [3.63, 3.8) is 0 Å². The molecule has 0 spiro atoms. The Hall–Kier alpha value is -2.34. The molecule has 2 N–H and O–H groups in total. The first kappa shape index (κ1) is 20.0. The number of carbonyl (C=O) groups excluding carboxylic acids is 1. The van der Waals surface area contributed by atoms with Crippen LogP contribution in [0.5, 0.6) is 0 Å². The molecule has 5 nitrogen and oxygen atoms in total. The van der Waals surface area contributed by atoms with Crippen LogP contribution in [-0.2, 0) is 21.2 Å². The van der Waals surface area contributed by atoms with Crippen molar-refractivity contribution >= 4 is 21.6 Å². The molecule has 2 aromatic rings. The third kappa shape index (κ3) is 6.19. The largest absolute Gasteiger partial charge is 0.350 e. The van der Waals surface area contributed by atoms with E-state index in [2.05, 4.69) is 42.1 Å². The number of benzene rings is 2. The molecule has 2 aromatic carbocycles. The summed E-state index contributed by atoms with van der Waals surface area (Å²) < 4.78 is 25.1. The van der Waals surface area contributed by atoms with E-state index >= 15 is 0 Å². The summed E-state index contributed by atoms with van der Waals surface area (Å²) in [7, 11) is -3.33. The van der Waals surface area contributed by atoms with Crippen molar-refractivity contribution in [1.82, 2.24) is 5.32 Å². The van der Waals surface area contributed by atoms with Crippen LogP contribution in [0.2, 0.25) is 0 Å². The van der Waals surface area contributed by atoms with Crippen molar-refractivity contribution in [1.29, 1.82) is 0 Å². The Balaban J connectivity index is 1.95. The summed E-state index contributed by atoms with van der Waals surface area (Å²) >= 11 is 0. The Morgan fingerprint density at radius 3 is 2.50 bits per heavy atom. The number of rotatable bonds is 7. The summed E-state index contributed by atoms with van der Waals surface area (Å²) in [5.41, 5.74) is 4.93. The lowest BCUT2D eigenvalue weighted by molar-refractivity contribution is -0.121. The van der Waals surface area contributed by atoms with E-state index in [0.717, 1.165) is 11.8 Å². The Kier molecular flexibility index (Phi) is 6.42. The lowest BCUT2D eigenvalue weighted by Crippen LogP contribution is -2.27. The van der Waals surface area contributed by atoms with Crippen LogP contribution < -0.4 is 10.0 Å². The zero-order valence-corrected chi connectivity index (χ0v) is 16.5. The lowest BCUT2D eigenvalue weighted by atomic mass is 10.0. The van der Waals surface area contributed by atoms with Crippen molar-refractivity contribution in [2.45, 2.75) is 39.7 Å². The fraction of sp³-hybridized carbons (Fsp3) is 0.350. The molecule has 0 fully saturated rings. The highest BCUT2D eigenvalue weighted by atomic mass is 32.2. The molecule has 26 heavy (non-hydrogen) atoms. The molecule has 1 atom stereocenters. The summed E-state index contributed by atoms with van der Waals surface area (Å²) in [4.78, 5) is 12.3. The Labute approximate surface area is 155 Å². The van der Waals surface area contributed by atoms with Crippen LogP contribution in [0.4, 0.5) is 5.69 Å². The molecule has 0 aromatic heterocycles. The van der Waals surface area contributed by atoms with Gasteiger partial charge in [-0.25, -0.2) is 8.42 Å². The van der Waals surface area contributed by atoms with E-state index in [0.29, 0.717) is 18.5 Å². The van der Waals surface area contributed by atoms with Gasteiger partial charge in [-0.05, 0) is 56.0 Å². The molecular formula is C20H26N2O3S. The Morgan fingerprint density at radius 2 is 1.85 bits per heavy atom. The Morgan fingerprint density at radius 1 is 1.12 bits per heavy atom. The molecule has 140 valence electrons. The maximum Gasteiger partial charge on any atom is 0.229 e. The third-order valence-electron chi connectivity index (χ3n) is 4.19. The molecule has 0 heterocycles. The van der Waals surface area contributed by atoms with Crippen molar-refractivity contribution in [2.24, 2.45) is 0 Å². The average Bonchev–Trinajstić information content (AvgIpc) is 2.52. The minimum Gasteiger partial charge on any atom is -0.350 e. The first-order valence-corrected chi connectivity index (χ1v) is 10.5. The molecule has 6 heteroatoms. The van der Waals surface area contributed by atoms with Gasteiger partial charge in [-0.2, -0.15) is 0 Å². The fourth-order valence-corrected chi connectivity index (χ4v) is 3.41. The lowest BCUT2D eigenvalue weighted by Gasteiger charge is -2.16. The van der Waals surface area contributed by atoms with Gasteiger partial charge in [0.15, 0.2) is 0 Å². The van der Waals surface area contributed by atoms with Gasteiger partial charge in [0.05, 0.1) is 12.3 Å². The van der Waals surface area contributed by atoms with Gasteiger partial charge in [0.1, 0.15) is 0 Å². The van der Waals surface area contributed by atoms with Crippen LogP contribution in [0.1, 0.15) is 41.6 Å². The summed E-state index contributed by atoms with van der Waals surface area (Å²) in [6.07, 6.45) is 2.22. The van der Waals surface area contributed by atoms with Crippen LogP contribution in [-0.4, -0.2) is 20.6 Å². The van der Waals surface area contributed by atoms with Crippen molar-refractivity contribution in [2.75, 3.05) is 11.0 Å². The third-order valence-corrected chi connectivity index (χ3v) is 4.79. The average molecular weight is 375 g/mol. The molecule has 0 aliphatic carbocycles. The number of nitrogens with one attached hydrogen (secondary N) is 2. The number of aryl methyl sites for hydroxylation is 3. The zero-order valence-electron chi connectivity index (χ0n) is 15.7. The number of amides is 1. The fourth-order valence-electron chi connectivity index (χ4n) is 2.86. The first-order chi connectivity index (χ1) is 12.1. The van der Waals surface area contributed by atoms with Gasteiger partial charge in [-0.15, -0.1) is 0 Å². The molecule has 0 aliphatic rings. The number of hydrogen-bond donors (Lipinski definition) is 2. The maximum absolute atomic E-state index is 12.3. The highest BCUT2D eigenvalue weighted by Crippen LogP contribution is 2.19. The molecule has 0 aliphatic heterocycles. The van der Waals surface area contributed by atoms with Crippen molar-refractivity contribution < 1.29 is 13.2 Å². The quantitative estimate of drug-likeness (QED) is 0.779. The van der Waals surface area contributed by atoms with Crippen LogP contribution >= 0.6 is 0 Å². The normalized spacial score (nSPS) is 12.5.